The Bertz CT molecular complexity index is 466. The molecular formula is C9H9ClFN3. The lowest BCUT2D eigenvalue weighted by Gasteiger charge is -1.97. The van der Waals surface area contributed by atoms with Gasteiger partial charge in [0, 0.05) is 11.9 Å². The largest absolute Gasteiger partial charge is 0.329 e. The summed E-state index contributed by atoms with van der Waals surface area (Å²) < 4.78 is 14.5. The summed E-state index contributed by atoms with van der Waals surface area (Å²) in [6.45, 7) is 0.991. The highest BCUT2D eigenvalue weighted by molar-refractivity contribution is 6.34. The van der Waals surface area contributed by atoms with Crippen LogP contribution in [0.1, 0.15) is 0 Å². The van der Waals surface area contributed by atoms with E-state index < -0.39 is 0 Å². The smallest absolute Gasteiger partial charge is 0.135 e. The molecule has 1 heterocycles. The normalized spacial score (nSPS) is 11.1. The molecule has 0 unspecified atom stereocenters. The third-order valence-electron chi connectivity index (χ3n) is 1.98. The Morgan fingerprint density at radius 2 is 2.29 bits per heavy atom. The number of nitrogens with zero attached hydrogens (tertiary/aromatic N) is 2. The quantitative estimate of drug-likeness (QED) is 0.827. The van der Waals surface area contributed by atoms with Crippen molar-refractivity contribution >= 4 is 22.5 Å². The van der Waals surface area contributed by atoms with E-state index in [9.17, 15) is 4.39 Å². The summed E-state index contributed by atoms with van der Waals surface area (Å²) in [6.07, 6.45) is 0. The van der Waals surface area contributed by atoms with Crippen molar-refractivity contribution in [2.45, 2.75) is 6.54 Å². The maximum atomic E-state index is 12.9. The molecule has 1 aromatic heterocycles. The first kappa shape index (κ1) is 9.43. The number of aromatic nitrogens is 2. The van der Waals surface area contributed by atoms with Crippen LogP contribution < -0.4 is 5.73 Å². The van der Waals surface area contributed by atoms with Gasteiger partial charge in [0.05, 0.1) is 12.1 Å². The van der Waals surface area contributed by atoms with Crippen molar-refractivity contribution < 1.29 is 4.39 Å². The maximum Gasteiger partial charge on any atom is 0.135 e. The van der Waals surface area contributed by atoms with Crippen molar-refractivity contribution in [3.63, 3.8) is 0 Å². The van der Waals surface area contributed by atoms with Crippen LogP contribution in [-0.4, -0.2) is 16.3 Å². The standard InChI is InChI=1S/C9H9ClFN3/c10-9-7-5-6(11)1-2-8(7)13-14(9)4-3-12/h1-2,5H,3-4,12H2. The summed E-state index contributed by atoms with van der Waals surface area (Å²) in [5.41, 5.74) is 6.07. The second-order valence-corrected chi connectivity index (χ2v) is 3.32. The maximum absolute atomic E-state index is 12.9. The molecular weight excluding hydrogens is 205 g/mol. The van der Waals surface area contributed by atoms with Gasteiger partial charge >= 0.3 is 0 Å². The monoisotopic (exact) mass is 213 g/mol. The second-order valence-electron chi connectivity index (χ2n) is 2.96. The molecule has 0 radical (unpaired) electrons. The summed E-state index contributed by atoms with van der Waals surface area (Å²) >= 11 is 5.99. The molecule has 3 nitrogen and oxygen atoms in total. The van der Waals surface area contributed by atoms with E-state index in [2.05, 4.69) is 5.10 Å². The lowest BCUT2D eigenvalue weighted by atomic mass is 10.2. The molecule has 14 heavy (non-hydrogen) atoms. The molecule has 0 bridgehead atoms. The molecule has 0 saturated heterocycles. The predicted octanol–water partition coefficient (Wildman–Crippen LogP) is 1.79. The van der Waals surface area contributed by atoms with Gasteiger partial charge in [-0.25, -0.2) is 4.39 Å². The van der Waals surface area contributed by atoms with E-state index in [1.165, 1.54) is 12.1 Å². The third-order valence-corrected chi connectivity index (χ3v) is 2.38. The highest BCUT2D eigenvalue weighted by atomic mass is 35.5. The van der Waals surface area contributed by atoms with E-state index in [1.807, 2.05) is 0 Å². The number of benzene rings is 1. The molecule has 0 fully saturated rings. The van der Waals surface area contributed by atoms with Crippen molar-refractivity contribution in [2.75, 3.05) is 6.54 Å². The zero-order valence-electron chi connectivity index (χ0n) is 7.37. The van der Waals surface area contributed by atoms with Crippen LogP contribution in [0.2, 0.25) is 5.15 Å². The minimum absolute atomic E-state index is 0.313. The Kier molecular flexibility index (Phi) is 2.39. The van der Waals surface area contributed by atoms with Crippen LogP contribution in [0.25, 0.3) is 10.9 Å². The molecule has 0 aliphatic rings. The van der Waals surface area contributed by atoms with Gasteiger partial charge in [-0.3, -0.25) is 4.68 Å². The Balaban J connectivity index is 2.62. The molecule has 0 spiro atoms. The average Bonchev–Trinajstić information content (AvgIpc) is 2.46. The van der Waals surface area contributed by atoms with E-state index in [0.717, 1.165) is 0 Å². The fraction of sp³-hybridized carbons (Fsp3) is 0.222. The molecule has 0 saturated carbocycles. The third kappa shape index (κ3) is 1.47. The lowest BCUT2D eigenvalue weighted by molar-refractivity contribution is 0.629. The molecule has 2 N–H and O–H groups in total. The van der Waals surface area contributed by atoms with Gasteiger partial charge in [-0.05, 0) is 18.2 Å². The number of nitrogens with two attached hydrogens (primary N) is 1. The highest BCUT2D eigenvalue weighted by Crippen LogP contribution is 2.23. The number of hydrogen-bond acceptors (Lipinski definition) is 2. The van der Waals surface area contributed by atoms with Gasteiger partial charge in [0.2, 0.25) is 0 Å². The molecule has 0 amide bonds. The number of rotatable bonds is 2. The van der Waals surface area contributed by atoms with Gasteiger partial charge in [-0.15, -0.1) is 0 Å². The zero-order chi connectivity index (χ0) is 10.1. The minimum Gasteiger partial charge on any atom is -0.329 e. The Morgan fingerprint density at radius 3 is 3.00 bits per heavy atom. The molecule has 5 heteroatoms. The summed E-state index contributed by atoms with van der Waals surface area (Å²) in [6, 6.07) is 4.33. The number of hydrogen-bond donors (Lipinski definition) is 1. The second kappa shape index (κ2) is 3.55. The molecule has 0 atom stereocenters. The van der Waals surface area contributed by atoms with Gasteiger partial charge in [0.1, 0.15) is 11.0 Å². The SMILES string of the molecule is NCCn1nc2ccc(F)cc2c1Cl. The summed E-state index contributed by atoms with van der Waals surface area (Å²) in [5.74, 6) is -0.313. The van der Waals surface area contributed by atoms with Crippen molar-refractivity contribution in [1.29, 1.82) is 0 Å². The van der Waals surface area contributed by atoms with Crippen LogP contribution >= 0.6 is 11.6 Å². The fourth-order valence-corrected chi connectivity index (χ4v) is 1.62. The lowest BCUT2D eigenvalue weighted by Crippen LogP contribution is -2.10. The summed E-state index contributed by atoms with van der Waals surface area (Å²) in [5, 5.41) is 5.24. The first-order valence-corrected chi connectivity index (χ1v) is 4.62. The Hall–Kier alpha value is -1.13. The molecule has 2 aromatic rings. The van der Waals surface area contributed by atoms with Gasteiger partial charge in [0.15, 0.2) is 0 Å². The van der Waals surface area contributed by atoms with Crippen molar-refractivity contribution in [2.24, 2.45) is 5.73 Å². The number of halogens is 2. The van der Waals surface area contributed by atoms with Crippen LogP contribution in [0.15, 0.2) is 18.2 Å². The van der Waals surface area contributed by atoms with E-state index >= 15 is 0 Å². The predicted molar refractivity (Wildman–Crippen MR) is 53.8 cm³/mol. The summed E-state index contributed by atoms with van der Waals surface area (Å²) in [4.78, 5) is 0. The first-order valence-electron chi connectivity index (χ1n) is 4.24. The summed E-state index contributed by atoms with van der Waals surface area (Å²) in [7, 11) is 0. The van der Waals surface area contributed by atoms with Crippen LogP contribution in [0, 0.1) is 5.82 Å². The van der Waals surface area contributed by atoms with Crippen LogP contribution in [0.3, 0.4) is 0 Å². The van der Waals surface area contributed by atoms with Gasteiger partial charge < -0.3 is 5.73 Å². The van der Waals surface area contributed by atoms with Crippen LogP contribution in [-0.2, 0) is 6.54 Å². The van der Waals surface area contributed by atoms with E-state index in [-0.39, 0.29) is 5.82 Å². The fourth-order valence-electron chi connectivity index (χ4n) is 1.34. The molecule has 0 aliphatic carbocycles. The van der Waals surface area contributed by atoms with E-state index in [4.69, 9.17) is 17.3 Å². The van der Waals surface area contributed by atoms with Gasteiger partial charge in [-0.2, -0.15) is 5.10 Å². The van der Waals surface area contributed by atoms with Crippen molar-refractivity contribution in [1.82, 2.24) is 9.78 Å². The Morgan fingerprint density at radius 1 is 1.50 bits per heavy atom. The van der Waals surface area contributed by atoms with Crippen molar-refractivity contribution in [3.8, 4) is 0 Å². The highest BCUT2D eigenvalue weighted by Gasteiger charge is 2.08. The van der Waals surface area contributed by atoms with Crippen LogP contribution in [0.5, 0.6) is 0 Å². The minimum atomic E-state index is -0.313. The van der Waals surface area contributed by atoms with E-state index in [0.29, 0.717) is 29.1 Å². The Labute approximate surface area is 85.3 Å². The van der Waals surface area contributed by atoms with Gasteiger partial charge in [0.25, 0.3) is 0 Å². The molecule has 2 rings (SSSR count). The molecule has 74 valence electrons. The molecule has 0 aliphatic heterocycles. The van der Waals surface area contributed by atoms with Crippen LogP contribution in [0.4, 0.5) is 4.39 Å². The van der Waals surface area contributed by atoms with Crippen molar-refractivity contribution in [3.05, 3.63) is 29.2 Å². The number of fused-ring (bicyclic) bond motifs is 1. The average molecular weight is 214 g/mol. The zero-order valence-corrected chi connectivity index (χ0v) is 8.13. The van der Waals surface area contributed by atoms with E-state index in [1.54, 1.807) is 10.7 Å². The van der Waals surface area contributed by atoms with Gasteiger partial charge in [-0.1, -0.05) is 11.6 Å². The topological polar surface area (TPSA) is 43.8 Å². The molecule has 1 aromatic carbocycles. The first-order chi connectivity index (χ1) is 6.72.